The summed E-state index contributed by atoms with van der Waals surface area (Å²) < 4.78 is 29.8. The van der Waals surface area contributed by atoms with Crippen LogP contribution in [-0.2, 0) is 24.3 Å². The van der Waals surface area contributed by atoms with Gasteiger partial charge in [0.25, 0.3) is 0 Å². The predicted octanol–water partition coefficient (Wildman–Crippen LogP) is -1.26. The molecule has 1 amide bonds. The number of sulfonamides is 1. The van der Waals surface area contributed by atoms with Crippen molar-refractivity contribution in [2.24, 2.45) is 11.8 Å². The Morgan fingerprint density at radius 3 is 2.14 bits per heavy atom. The molecule has 0 aromatic heterocycles. The summed E-state index contributed by atoms with van der Waals surface area (Å²) in [6, 6.07) is 0. The number of aliphatic carboxylic acids is 1. The van der Waals surface area contributed by atoms with Crippen molar-refractivity contribution in [3.8, 4) is 0 Å². The quantitative estimate of drug-likeness (QED) is 0.648. The van der Waals surface area contributed by atoms with E-state index in [4.69, 9.17) is 4.74 Å². The second-order valence-electron chi connectivity index (χ2n) is 5.83. The van der Waals surface area contributed by atoms with E-state index >= 15 is 0 Å². The van der Waals surface area contributed by atoms with E-state index in [0.717, 1.165) is 6.26 Å². The Morgan fingerprint density at radius 1 is 1.09 bits per heavy atom. The number of carboxylic acid groups (broad SMARTS) is 1. The molecule has 122 valence electrons. The summed E-state index contributed by atoms with van der Waals surface area (Å²) in [5.41, 5.74) is 0. The third-order valence-electron chi connectivity index (χ3n) is 4.49. The average Bonchev–Trinajstić information content (AvgIpc) is 3.06. The maximum Gasteiger partial charge on any atom is 0.310 e. The molecular formula is C13H18N2O6S. The number of carbonyl (C=O) groups excluding carboxylic acids is 1. The summed E-state index contributed by atoms with van der Waals surface area (Å²) in [4.78, 5) is 25.6. The third kappa shape index (κ3) is 2.53. The zero-order valence-corrected chi connectivity index (χ0v) is 12.9. The maximum atomic E-state index is 12.6. The first-order chi connectivity index (χ1) is 10.3. The molecule has 2 saturated heterocycles. The molecule has 2 fully saturated rings. The van der Waals surface area contributed by atoms with Crippen molar-refractivity contribution in [3.63, 3.8) is 0 Å². The Bertz CT molecular complexity index is 622. The topological polar surface area (TPSA) is 104 Å². The van der Waals surface area contributed by atoms with Crippen LogP contribution in [0.3, 0.4) is 0 Å². The Kier molecular flexibility index (Phi) is 3.74. The molecule has 0 radical (unpaired) electrons. The second kappa shape index (κ2) is 5.32. The summed E-state index contributed by atoms with van der Waals surface area (Å²) >= 11 is 0. The number of piperazine rings is 1. The largest absolute Gasteiger partial charge is 0.481 e. The number of amides is 1. The average molecular weight is 330 g/mol. The fourth-order valence-corrected chi connectivity index (χ4v) is 4.17. The number of carbonyl (C=O) groups is 2. The van der Waals surface area contributed by atoms with Gasteiger partial charge in [0, 0.05) is 26.2 Å². The molecule has 0 aromatic carbocycles. The lowest BCUT2D eigenvalue weighted by molar-refractivity contribution is -0.150. The highest BCUT2D eigenvalue weighted by Crippen LogP contribution is 2.40. The van der Waals surface area contributed by atoms with Crippen LogP contribution in [0, 0.1) is 11.8 Å². The maximum absolute atomic E-state index is 12.6. The van der Waals surface area contributed by atoms with Crippen LogP contribution in [0.2, 0.25) is 0 Å². The summed E-state index contributed by atoms with van der Waals surface area (Å²) in [6.07, 6.45) is 3.52. The lowest BCUT2D eigenvalue weighted by Crippen LogP contribution is -2.53. The van der Waals surface area contributed by atoms with Gasteiger partial charge in [-0.1, -0.05) is 12.2 Å². The number of hydrogen-bond donors (Lipinski definition) is 1. The van der Waals surface area contributed by atoms with E-state index in [-0.39, 0.29) is 32.1 Å². The molecule has 9 heteroatoms. The molecule has 0 aromatic rings. The summed E-state index contributed by atoms with van der Waals surface area (Å²) in [6.45, 7) is 1.02. The number of ether oxygens (including phenoxy) is 1. The number of rotatable bonds is 3. The Labute approximate surface area is 128 Å². The Morgan fingerprint density at radius 2 is 1.64 bits per heavy atom. The molecule has 3 rings (SSSR count). The van der Waals surface area contributed by atoms with Crippen molar-refractivity contribution in [3.05, 3.63) is 12.2 Å². The van der Waals surface area contributed by atoms with Gasteiger partial charge in [-0.3, -0.25) is 9.59 Å². The van der Waals surface area contributed by atoms with Crippen LogP contribution in [0.1, 0.15) is 0 Å². The van der Waals surface area contributed by atoms with Gasteiger partial charge in [0.05, 0.1) is 24.4 Å². The fraction of sp³-hybridized carbons (Fsp3) is 0.692. The molecule has 0 aliphatic carbocycles. The van der Waals surface area contributed by atoms with Crippen molar-refractivity contribution >= 4 is 21.9 Å². The van der Waals surface area contributed by atoms with Crippen LogP contribution in [0.25, 0.3) is 0 Å². The van der Waals surface area contributed by atoms with E-state index in [9.17, 15) is 23.1 Å². The van der Waals surface area contributed by atoms with Gasteiger partial charge in [-0.2, -0.15) is 4.31 Å². The van der Waals surface area contributed by atoms with Crippen LogP contribution in [0.4, 0.5) is 0 Å². The molecule has 0 spiro atoms. The number of carboxylic acids is 1. The molecule has 3 heterocycles. The molecule has 8 nitrogen and oxygen atoms in total. The molecule has 4 atom stereocenters. The monoisotopic (exact) mass is 330 g/mol. The van der Waals surface area contributed by atoms with E-state index < -0.39 is 40.0 Å². The van der Waals surface area contributed by atoms with Crippen molar-refractivity contribution in [1.82, 2.24) is 9.21 Å². The van der Waals surface area contributed by atoms with Gasteiger partial charge in [0.2, 0.25) is 15.9 Å². The van der Waals surface area contributed by atoms with Crippen LogP contribution >= 0.6 is 0 Å². The van der Waals surface area contributed by atoms with Crippen LogP contribution in [0.5, 0.6) is 0 Å². The van der Waals surface area contributed by atoms with E-state index in [1.54, 1.807) is 17.1 Å². The Hall–Kier alpha value is -1.45. The first-order valence-electron chi connectivity index (χ1n) is 7.09. The first kappa shape index (κ1) is 15.4. The second-order valence-corrected chi connectivity index (χ2v) is 7.81. The highest BCUT2D eigenvalue weighted by atomic mass is 32.2. The van der Waals surface area contributed by atoms with E-state index in [1.807, 2.05) is 0 Å². The molecule has 22 heavy (non-hydrogen) atoms. The smallest absolute Gasteiger partial charge is 0.310 e. The van der Waals surface area contributed by atoms with Gasteiger partial charge in [0.1, 0.15) is 5.92 Å². The third-order valence-corrected chi connectivity index (χ3v) is 5.79. The van der Waals surface area contributed by atoms with Crippen molar-refractivity contribution in [2.75, 3.05) is 32.4 Å². The molecule has 1 N–H and O–H groups in total. The van der Waals surface area contributed by atoms with E-state index in [1.165, 1.54) is 4.31 Å². The molecule has 3 aliphatic heterocycles. The SMILES string of the molecule is CS(=O)(=O)N1CCN(C(=O)[C@H]2[C@@H](C(=O)O)[C@@H]3C=C[C@@H]2O3)CC1. The van der Waals surface area contributed by atoms with Gasteiger partial charge >= 0.3 is 5.97 Å². The van der Waals surface area contributed by atoms with Crippen molar-refractivity contribution in [2.45, 2.75) is 12.2 Å². The minimum absolute atomic E-state index is 0.236. The van der Waals surface area contributed by atoms with Crippen molar-refractivity contribution in [1.29, 1.82) is 0 Å². The summed E-state index contributed by atoms with van der Waals surface area (Å²) in [5.74, 6) is -2.89. The molecule has 2 bridgehead atoms. The predicted molar refractivity (Wildman–Crippen MR) is 75.4 cm³/mol. The van der Waals surface area contributed by atoms with E-state index in [2.05, 4.69) is 0 Å². The summed E-state index contributed by atoms with van der Waals surface area (Å²) in [5, 5.41) is 9.33. The van der Waals surface area contributed by atoms with Crippen LogP contribution < -0.4 is 0 Å². The standard InChI is InChI=1S/C13H18N2O6S/c1-22(19,20)15-6-4-14(5-7-15)12(16)10-8-2-3-9(21-8)11(10)13(17)18/h2-3,8-11H,4-7H2,1H3,(H,17,18)/t8-,9-,10+,11-/m0/s1. The van der Waals surface area contributed by atoms with Gasteiger partial charge in [-0.15, -0.1) is 0 Å². The normalized spacial score (nSPS) is 35.0. The number of nitrogens with zero attached hydrogens (tertiary/aromatic N) is 2. The molecular weight excluding hydrogens is 312 g/mol. The van der Waals surface area contributed by atoms with Gasteiger partial charge in [-0.25, -0.2) is 8.42 Å². The minimum atomic E-state index is -3.26. The zero-order chi connectivity index (χ0) is 16.1. The van der Waals surface area contributed by atoms with Gasteiger partial charge in [0.15, 0.2) is 0 Å². The minimum Gasteiger partial charge on any atom is -0.481 e. The van der Waals surface area contributed by atoms with Crippen LogP contribution in [-0.4, -0.2) is 79.2 Å². The van der Waals surface area contributed by atoms with Crippen molar-refractivity contribution < 1.29 is 27.9 Å². The molecule has 3 aliphatic rings. The molecule has 0 saturated carbocycles. The van der Waals surface area contributed by atoms with Gasteiger partial charge < -0.3 is 14.7 Å². The lowest BCUT2D eigenvalue weighted by Gasteiger charge is -2.36. The number of fused-ring (bicyclic) bond motifs is 2. The van der Waals surface area contributed by atoms with Crippen LogP contribution in [0.15, 0.2) is 12.2 Å². The zero-order valence-electron chi connectivity index (χ0n) is 12.1. The Balaban J connectivity index is 1.70. The van der Waals surface area contributed by atoms with E-state index in [0.29, 0.717) is 0 Å². The highest BCUT2D eigenvalue weighted by molar-refractivity contribution is 7.88. The first-order valence-corrected chi connectivity index (χ1v) is 8.94. The number of hydrogen-bond acceptors (Lipinski definition) is 5. The summed E-state index contributed by atoms with van der Waals surface area (Å²) in [7, 11) is -3.26. The highest BCUT2D eigenvalue weighted by Gasteiger charge is 2.54. The van der Waals surface area contributed by atoms with Gasteiger partial charge in [-0.05, 0) is 0 Å². The fourth-order valence-electron chi connectivity index (χ4n) is 3.35. The molecule has 0 unspecified atom stereocenters. The lowest BCUT2D eigenvalue weighted by atomic mass is 9.82.